The molecule has 96 valence electrons. The van der Waals surface area contributed by atoms with Crippen molar-refractivity contribution in [1.82, 2.24) is 4.98 Å². The van der Waals surface area contributed by atoms with Gasteiger partial charge in [0.05, 0.1) is 10.9 Å². The maximum absolute atomic E-state index is 9.74. The van der Waals surface area contributed by atoms with Crippen LogP contribution in [-0.2, 0) is 0 Å². The van der Waals surface area contributed by atoms with Crippen LogP contribution in [0.3, 0.4) is 0 Å². The molecule has 2 aromatic rings. The van der Waals surface area contributed by atoms with Gasteiger partial charge in [-0.15, -0.1) is 0 Å². The summed E-state index contributed by atoms with van der Waals surface area (Å²) in [4.78, 5) is 5.09. The van der Waals surface area contributed by atoms with Gasteiger partial charge in [0.25, 0.3) is 0 Å². The van der Waals surface area contributed by atoms with E-state index in [9.17, 15) is 5.11 Å². The fourth-order valence-electron chi connectivity index (χ4n) is 1.77. The van der Waals surface area contributed by atoms with Gasteiger partial charge in [0, 0.05) is 0 Å². The summed E-state index contributed by atoms with van der Waals surface area (Å²) < 4.78 is 0. The predicted molar refractivity (Wildman–Crippen MR) is 76.3 cm³/mol. The average molecular weight is 262 g/mol. The number of rotatable bonds is 4. The number of anilines is 1. The molecule has 2 N–H and O–H groups in total. The Morgan fingerprint density at radius 2 is 1.83 bits per heavy atom. The Balaban J connectivity index is 2.12. The summed E-state index contributed by atoms with van der Waals surface area (Å²) in [5.74, 6) is 0.447. The largest absolute Gasteiger partial charge is 0.492 e. The second-order valence-electron chi connectivity index (χ2n) is 4.64. The molecule has 0 unspecified atom stereocenters. The number of aromatic nitrogens is 1. The van der Waals surface area contributed by atoms with Gasteiger partial charge in [-0.2, -0.15) is 4.98 Å². The van der Waals surface area contributed by atoms with Crippen LogP contribution in [0.25, 0.3) is 0 Å². The van der Waals surface area contributed by atoms with Crippen molar-refractivity contribution in [3.63, 3.8) is 0 Å². The Bertz CT molecular complexity index is 508. The first-order chi connectivity index (χ1) is 8.58. The molecule has 0 saturated carbocycles. The van der Waals surface area contributed by atoms with Crippen molar-refractivity contribution < 1.29 is 5.11 Å². The van der Waals surface area contributed by atoms with Gasteiger partial charge in [-0.25, -0.2) is 0 Å². The summed E-state index contributed by atoms with van der Waals surface area (Å²) in [5, 5.41) is 13.8. The molecular formula is C14H18N2OS. The highest BCUT2D eigenvalue weighted by Crippen LogP contribution is 2.35. The van der Waals surface area contributed by atoms with Gasteiger partial charge in [-0.1, -0.05) is 55.5 Å². The fourth-order valence-corrected chi connectivity index (χ4v) is 2.72. The van der Waals surface area contributed by atoms with Crippen molar-refractivity contribution in [3.8, 4) is 5.88 Å². The molecule has 0 spiro atoms. The van der Waals surface area contributed by atoms with Gasteiger partial charge in [-0.05, 0) is 18.4 Å². The smallest absolute Gasteiger partial charge is 0.227 e. The molecule has 0 saturated heterocycles. The molecule has 18 heavy (non-hydrogen) atoms. The predicted octanol–water partition coefficient (Wildman–Crippen LogP) is 4.15. The number of nitrogens with zero attached hydrogens (tertiary/aromatic N) is 1. The summed E-state index contributed by atoms with van der Waals surface area (Å²) >= 11 is 1.52. The Labute approximate surface area is 112 Å². The van der Waals surface area contributed by atoms with Crippen LogP contribution in [0, 0.1) is 0 Å². The van der Waals surface area contributed by atoms with Crippen molar-refractivity contribution >= 4 is 16.5 Å². The van der Waals surface area contributed by atoms with Crippen LogP contribution in [0.2, 0.25) is 0 Å². The van der Waals surface area contributed by atoms with Crippen molar-refractivity contribution in [2.45, 2.75) is 32.7 Å². The summed E-state index contributed by atoms with van der Waals surface area (Å²) in [6.07, 6.45) is 0. The Morgan fingerprint density at radius 3 is 2.39 bits per heavy atom. The van der Waals surface area contributed by atoms with Crippen molar-refractivity contribution in [2.75, 3.05) is 5.32 Å². The molecule has 3 nitrogen and oxygen atoms in total. The van der Waals surface area contributed by atoms with Crippen LogP contribution in [-0.4, -0.2) is 10.1 Å². The normalized spacial score (nSPS) is 12.7. The summed E-state index contributed by atoms with van der Waals surface area (Å²) in [6.45, 7) is 6.19. The Hall–Kier alpha value is -1.55. The molecule has 1 atom stereocenters. The lowest BCUT2D eigenvalue weighted by atomic mass is 10.1. The minimum absolute atomic E-state index is 0.151. The zero-order valence-corrected chi connectivity index (χ0v) is 11.7. The van der Waals surface area contributed by atoms with Crippen LogP contribution >= 0.6 is 11.3 Å². The van der Waals surface area contributed by atoms with E-state index >= 15 is 0 Å². The maximum atomic E-state index is 9.74. The standard InChI is InChI=1S/C14H18N2OS/c1-9(2)12-13(17)16-14(18-12)15-10(3)11-7-5-4-6-8-11/h4-10,17H,1-3H3,(H,15,16)/t10-/m1/s1. The lowest BCUT2D eigenvalue weighted by Gasteiger charge is -2.12. The molecular weight excluding hydrogens is 244 g/mol. The van der Waals surface area contributed by atoms with Crippen LogP contribution < -0.4 is 5.32 Å². The monoisotopic (exact) mass is 262 g/mol. The Kier molecular flexibility index (Phi) is 3.87. The zero-order valence-electron chi connectivity index (χ0n) is 10.8. The number of aromatic hydroxyl groups is 1. The first kappa shape index (κ1) is 12.9. The van der Waals surface area contributed by atoms with Gasteiger partial charge >= 0.3 is 0 Å². The van der Waals surface area contributed by atoms with Crippen molar-refractivity contribution in [3.05, 3.63) is 40.8 Å². The highest BCUT2D eigenvalue weighted by molar-refractivity contribution is 7.16. The zero-order chi connectivity index (χ0) is 13.1. The number of thiazole rings is 1. The summed E-state index contributed by atoms with van der Waals surface area (Å²) in [5.41, 5.74) is 1.21. The lowest BCUT2D eigenvalue weighted by molar-refractivity contribution is 0.449. The van der Waals surface area contributed by atoms with Crippen LogP contribution in [0.15, 0.2) is 30.3 Å². The topological polar surface area (TPSA) is 45.2 Å². The van der Waals surface area contributed by atoms with Crippen LogP contribution in [0.1, 0.15) is 43.2 Å². The molecule has 0 fully saturated rings. The highest BCUT2D eigenvalue weighted by atomic mass is 32.1. The fraction of sp³-hybridized carbons (Fsp3) is 0.357. The third-order valence-corrected chi connectivity index (χ3v) is 4.07. The van der Waals surface area contributed by atoms with E-state index in [0.717, 1.165) is 10.0 Å². The second kappa shape index (κ2) is 5.40. The van der Waals surface area contributed by atoms with E-state index in [1.807, 2.05) is 18.2 Å². The summed E-state index contributed by atoms with van der Waals surface area (Å²) in [6, 6.07) is 10.4. The van der Waals surface area contributed by atoms with Crippen molar-refractivity contribution in [2.24, 2.45) is 0 Å². The van der Waals surface area contributed by atoms with Gasteiger partial charge in [0.15, 0.2) is 5.13 Å². The van der Waals surface area contributed by atoms with E-state index in [2.05, 4.69) is 43.2 Å². The maximum Gasteiger partial charge on any atom is 0.227 e. The molecule has 1 aromatic carbocycles. The third-order valence-electron chi connectivity index (χ3n) is 2.80. The molecule has 0 radical (unpaired) electrons. The van der Waals surface area contributed by atoms with Crippen LogP contribution in [0.5, 0.6) is 5.88 Å². The summed E-state index contributed by atoms with van der Waals surface area (Å²) in [7, 11) is 0. The lowest BCUT2D eigenvalue weighted by Crippen LogP contribution is -2.05. The quantitative estimate of drug-likeness (QED) is 0.870. The molecule has 1 aromatic heterocycles. The number of benzene rings is 1. The van der Waals surface area contributed by atoms with Gasteiger partial charge < -0.3 is 10.4 Å². The molecule has 2 rings (SSSR count). The van der Waals surface area contributed by atoms with E-state index < -0.39 is 0 Å². The minimum atomic E-state index is 0.151. The SMILES string of the molecule is CC(C)c1sc(N[C@H](C)c2ccccc2)nc1O. The first-order valence-electron chi connectivity index (χ1n) is 6.09. The minimum Gasteiger partial charge on any atom is -0.492 e. The molecule has 4 heteroatoms. The molecule has 0 aliphatic carbocycles. The van der Waals surface area contributed by atoms with Gasteiger partial charge in [-0.3, -0.25) is 0 Å². The van der Waals surface area contributed by atoms with E-state index in [4.69, 9.17) is 0 Å². The van der Waals surface area contributed by atoms with E-state index in [1.165, 1.54) is 16.9 Å². The second-order valence-corrected chi connectivity index (χ2v) is 5.67. The highest BCUT2D eigenvalue weighted by Gasteiger charge is 2.14. The Morgan fingerprint density at radius 1 is 1.17 bits per heavy atom. The van der Waals surface area contributed by atoms with E-state index in [1.54, 1.807) is 0 Å². The van der Waals surface area contributed by atoms with Gasteiger partial charge in [0.1, 0.15) is 0 Å². The number of nitrogens with one attached hydrogen (secondary N) is 1. The molecule has 1 heterocycles. The third kappa shape index (κ3) is 2.82. The molecule has 0 bridgehead atoms. The van der Waals surface area contributed by atoms with Crippen molar-refractivity contribution in [1.29, 1.82) is 0 Å². The van der Waals surface area contributed by atoms with Crippen LogP contribution in [0.4, 0.5) is 5.13 Å². The molecule has 0 aliphatic heterocycles. The first-order valence-corrected chi connectivity index (χ1v) is 6.90. The van der Waals surface area contributed by atoms with Gasteiger partial charge in [0.2, 0.25) is 5.88 Å². The number of hydrogen-bond acceptors (Lipinski definition) is 4. The molecule has 0 amide bonds. The number of hydrogen-bond donors (Lipinski definition) is 2. The van der Waals surface area contributed by atoms with E-state index in [0.29, 0.717) is 5.92 Å². The average Bonchev–Trinajstić information content (AvgIpc) is 2.71. The molecule has 0 aliphatic rings. The van der Waals surface area contributed by atoms with E-state index in [-0.39, 0.29) is 11.9 Å².